The summed E-state index contributed by atoms with van der Waals surface area (Å²) in [5.74, 6) is 2.45. The van der Waals surface area contributed by atoms with Crippen molar-refractivity contribution in [1.82, 2.24) is 15.0 Å². The molecule has 0 spiro atoms. The van der Waals surface area contributed by atoms with Crippen molar-refractivity contribution in [1.29, 1.82) is 0 Å². The highest BCUT2D eigenvalue weighted by molar-refractivity contribution is 5.56. The molecule has 1 heterocycles. The Bertz CT molecular complexity index is 789. The van der Waals surface area contributed by atoms with Crippen LogP contribution in [0, 0.1) is 12.1 Å². The predicted molar refractivity (Wildman–Crippen MR) is 84.1 cm³/mol. The van der Waals surface area contributed by atoms with Gasteiger partial charge in [0.1, 0.15) is 23.7 Å². The summed E-state index contributed by atoms with van der Waals surface area (Å²) < 4.78 is 5.67. The van der Waals surface area contributed by atoms with E-state index in [1.165, 1.54) is 18.5 Å². The molecule has 0 saturated carbocycles. The molecule has 0 radical (unpaired) electrons. The van der Waals surface area contributed by atoms with E-state index in [4.69, 9.17) is 9.94 Å². The van der Waals surface area contributed by atoms with Gasteiger partial charge in [0.25, 0.3) is 0 Å². The normalized spacial score (nSPS) is 10.4. The van der Waals surface area contributed by atoms with Crippen molar-refractivity contribution >= 4 is 5.69 Å². The molecule has 0 amide bonds. The van der Waals surface area contributed by atoms with E-state index in [0.29, 0.717) is 23.1 Å². The number of benzene rings is 2. The monoisotopic (exact) mass is 309 g/mol. The molecule has 0 bridgehead atoms. The molecule has 0 saturated heterocycles. The van der Waals surface area contributed by atoms with Crippen LogP contribution >= 0.6 is 0 Å². The lowest BCUT2D eigenvalue weighted by molar-refractivity contribution is 0.296. The zero-order valence-corrected chi connectivity index (χ0v) is 12.2. The minimum absolute atomic E-state index is 0.137. The van der Waals surface area contributed by atoms with Crippen LogP contribution < -0.4 is 9.96 Å². The molecule has 0 atom stereocenters. The first-order valence-electron chi connectivity index (χ1n) is 6.82. The Morgan fingerprint density at radius 2 is 1.57 bits per heavy atom. The summed E-state index contributed by atoms with van der Waals surface area (Å²) in [6, 6.07) is 13.4. The second-order valence-corrected chi connectivity index (χ2v) is 4.75. The van der Waals surface area contributed by atoms with Gasteiger partial charge in [0.2, 0.25) is 0 Å². The fourth-order valence-electron chi connectivity index (χ4n) is 1.97. The summed E-state index contributed by atoms with van der Waals surface area (Å²) in [6.45, 7) is 1.81. The number of rotatable bonds is 4. The fourth-order valence-corrected chi connectivity index (χ4v) is 1.97. The van der Waals surface area contributed by atoms with Gasteiger partial charge < -0.3 is 15.2 Å². The molecule has 3 aromatic rings. The van der Waals surface area contributed by atoms with Crippen molar-refractivity contribution in [2.45, 2.75) is 6.92 Å². The van der Waals surface area contributed by atoms with E-state index in [-0.39, 0.29) is 10.9 Å². The van der Waals surface area contributed by atoms with Gasteiger partial charge in [-0.3, -0.25) is 5.21 Å². The first-order valence-corrected chi connectivity index (χ1v) is 6.82. The van der Waals surface area contributed by atoms with Crippen LogP contribution in [-0.4, -0.2) is 20.2 Å². The Morgan fingerprint density at radius 1 is 0.957 bits per heavy atom. The number of ether oxygens (including phenoxy) is 1. The van der Waals surface area contributed by atoms with Gasteiger partial charge in [-0.15, -0.1) is 0 Å². The van der Waals surface area contributed by atoms with E-state index < -0.39 is 0 Å². The third kappa shape index (κ3) is 3.60. The molecule has 23 heavy (non-hydrogen) atoms. The maximum absolute atomic E-state index is 10.7. The Morgan fingerprint density at radius 3 is 2.13 bits per heavy atom. The van der Waals surface area contributed by atoms with Crippen LogP contribution in [0.5, 0.6) is 11.5 Å². The number of nitrogens with zero attached hydrogens (tertiary/aromatic N) is 4. The average Bonchev–Trinajstić information content (AvgIpc) is 2.56. The first kappa shape index (κ1) is 14.9. The number of hydrogen-bond acceptors (Lipinski definition) is 7. The zero-order valence-electron chi connectivity index (χ0n) is 12.2. The van der Waals surface area contributed by atoms with Crippen LogP contribution in [0.3, 0.4) is 0 Å². The maximum Gasteiger partial charge on any atom is 0.162 e. The van der Waals surface area contributed by atoms with Gasteiger partial charge in [0, 0.05) is 5.56 Å². The zero-order chi connectivity index (χ0) is 16.2. The van der Waals surface area contributed by atoms with Crippen molar-refractivity contribution in [3.05, 3.63) is 65.9 Å². The highest BCUT2D eigenvalue weighted by atomic mass is 16.8. The van der Waals surface area contributed by atoms with Crippen molar-refractivity contribution in [3.8, 4) is 22.9 Å². The minimum atomic E-state index is -0.199. The molecule has 0 aliphatic heterocycles. The summed E-state index contributed by atoms with van der Waals surface area (Å²) in [6.07, 6.45) is 1.48. The molecule has 0 aliphatic carbocycles. The van der Waals surface area contributed by atoms with Crippen LogP contribution in [0.1, 0.15) is 5.82 Å². The van der Waals surface area contributed by atoms with Gasteiger partial charge >= 0.3 is 0 Å². The third-order valence-electron chi connectivity index (χ3n) is 3.10. The quantitative estimate of drug-likeness (QED) is 0.738. The van der Waals surface area contributed by atoms with Crippen molar-refractivity contribution in [2.24, 2.45) is 0 Å². The van der Waals surface area contributed by atoms with Gasteiger partial charge in [0.15, 0.2) is 5.82 Å². The van der Waals surface area contributed by atoms with Crippen molar-refractivity contribution < 1.29 is 9.94 Å². The molecular weight excluding hydrogens is 296 g/mol. The van der Waals surface area contributed by atoms with Crippen LogP contribution in [-0.2, 0) is 0 Å². The van der Waals surface area contributed by atoms with E-state index in [9.17, 15) is 5.21 Å². The van der Waals surface area contributed by atoms with E-state index in [0.717, 1.165) is 5.56 Å². The fraction of sp³-hybridized carbons (Fsp3) is 0.0625. The average molecular weight is 309 g/mol. The smallest absolute Gasteiger partial charge is 0.162 e. The maximum atomic E-state index is 10.7. The van der Waals surface area contributed by atoms with Crippen LogP contribution in [0.2, 0.25) is 0 Å². The Balaban J connectivity index is 1.74. The van der Waals surface area contributed by atoms with E-state index >= 15 is 0 Å². The summed E-state index contributed by atoms with van der Waals surface area (Å²) in [5.41, 5.74) is 0.998. The van der Waals surface area contributed by atoms with Gasteiger partial charge in [-0.1, -0.05) is 0 Å². The van der Waals surface area contributed by atoms with E-state index in [2.05, 4.69) is 15.0 Å². The number of aryl methyl sites for hydroxylation is 1. The van der Waals surface area contributed by atoms with E-state index in [1.807, 2.05) is 19.1 Å². The molecule has 2 aromatic carbocycles. The molecule has 3 rings (SSSR count). The summed E-state index contributed by atoms with van der Waals surface area (Å²) >= 11 is 0. The number of hydrogen-bond donors (Lipinski definition) is 1. The minimum Gasteiger partial charge on any atom is -0.733 e. The first-order chi connectivity index (χ1) is 11.1. The van der Waals surface area contributed by atoms with Gasteiger partial charge in [-0.25, -0.2) is 15.0 Å². The Kier molecular flexibility index (Phi) is 4.13. The number of anilines is 1. The Labute approximate surface area is 132 Å². The van der Waals surface area contributed by atoms with Crippen LogP contribution in [0.4, 0.5) is 5.69 Å². The topological polar surface area (TPSA) is 94.4 Å². The highest BCUT2D eigenvalue weighted by Crippen LogP contribution is 2.25. The van der Waals surface area contributed by atoms with Gasteiger partial charge in [0.05, 0.1) is 5.69 Å². The van der Waals surface area contributed by atoms with Crippen molar-refractivity contribution in [2.75, 3.05) is 5.23 Å². The lowest BCUT2D eigenvalue weighted by Gasteiger charge is -2.21. The largest absolute Gasteiger partial charge is 0.733 e. The standard InChI is InChI=1S/C16H13N4O3/c1-11-17-10-18-16(19-11)12-2-6-14(7-3-12)23-15-8-4-13(5-9-15)20(21)22/h2-10,21H,1H3/q-1. The van der Waals surface area contributed by atoms with Crippen molar-refractivity contribution in [3.63, 3.8) is 0 Å². The molecule has 1 aromatic heterocycles. The SMILES string of the molecule is Cc1ncnc(-c2ccc(Oc3ccc(N([O-])O)cc3)cc2)n1. The summed E-state index contributed by atoms with van der Waals surface area (Å²) in [4.78, 5) is 12.4. The molecule has 7 nitrogen and oxygen atoms in total. The molecule has 116 valence electrons. The molecule has 0 fully saturated rings. The molecule has 0 unspecified atom stereocenters. The van der Waals surface area contributed by atoms with E-state index in [1.54, 1.807) is 24.3 Å². The third-order valence-corrected chi connectivity index (χ3v) is 3.10. The number of aromatic nitrogens is 3. The van der Waals surface area contributed by atoms with Crippen LogP contribution in [0.15, 0.2) is 54.9 Å². The Hall–Kier alpha value is -3.03. The lowest BCUT2D eigenvalue weighted by Crippen LogP contribution is -2.06. The summed E-state index contributed by atoms with van der Waals surface area (Å²) in [5, 5.41) is 19.3. The van der Waals surface area contributed by atoms with Gasteiger partial charge in [-0.05, 0) is 55.5 Å². The lowest BCUT2D eigenvalue weighted by atomic mass is 10.2. The van der Waals surface area contributed by atoms with Gasteiger partial charge in [-0.2, -0.15) is 0 Å². The van der Waals surface area contributed by atoms with Crippen LogP contribution in [0.25, 0.3) is 11.4 Å². The summed E-state index contributed by atoms with van der Waals surface area (Å²) in [7, 11) is 0. The second-order valence-electron chi connectivity index (χ2n) is 4.75. The second kappa shape index (κ2) is 6.39. The highest BCUT2D eigenvalue weighted by Gasteiger charge is 2.03. The molecule has 0 aliphatic rings. The molecule has 7 heteroatoms. The molecule has 1 N–H and O–H groups in total. The predicted octanol–water partition coefficient (Wildman–Crippen LogP) is 3.33. The molecular formula is C16H13N4O3-.